The zero-order valence-electron chi connectivity index (χ0n) is 8.18. The Morgan fingerprint density at radius 3 is 2.56 bits per heavy atom. The zero-order valence-corrected chi connectivity index (χ0v) is 9.00. The van der Waals surface area contributed by atoms with E-state index in [0.29, 0.717) is 0 Å². The van der Waals surface area contributed by atoms with Gasteiger partial charge in [-0.1, -0.05) is 6.08 Å². The van der Waals surface area contributed by atoms with Crippen LogP contribution in [0, 0.1) is 5.82 Å². The molecule has 1 aromatic rings. The van der Waals surface area contributed by atoms with Gasteiger partial charge in [-0.25, -0.2) is 9.18 Å². The minimum absolute atomic E-state index is 0. The van der Waals surface area contributed by atoms with Crippen LogP contribution in [0.1, 0.15) is 22.0 Å². The summed E-state index contributed by atoms with van der Waals surface area (Å²) in [6.45, 7) is 3.34. The van der Waals surface area contributed by atoms with Gasteiger partial charge in [0.25, 0.3) is 0 Å². The Morgan fingerprint density at radius 1 is 1.56 bits per heavy atom. The molecule has 0 bridgehead atoms. The molecular formula is C10H11ClFNO3. The van der Waals surface area contributed by atoms with Gasteiger partial charge in [0, 0.05) is 0 Å². The number of hydrogen-bond donors (Lipinski definition) is 3. The third kappa shape index (κ3) is 2.50. The zero-order chi connectivity index (χ0) is 11.6. The highest BCUT2D eigenvalue weighted by Crippen LogP contribution is 2.30. The smallest absolute Gasteiger partial charge is 0.339 e. The first-order valence-electron chi connectivity index (χ1n) is 4.11. The molecule has 0 aliphatic heterocycles. The molecule has 0 fully saturated rings. The number of phenols is 1. The fraction of sp³-hybridized carbons (Fsp3) is 0.100. The van der Waals surface area contributed by atoms with Gasteiger partial charge in [-0.3, -0.25) is 0 Å². The lowest BCUT2D eigenvalue weighted by Crippen LogP contribution is -2.11. The van der Waals surface area contributed by atoms with Crippen LogP contribution in [0.15, 0.2) is 24.8 Å². The number of nitrogens with two attached hydrogens (primary N) is 1. The fourth-order valence-corrected chi connectivity index (χ4v) is 1.19. The van der Waals surface area contributed by atoms with Gasteiger partial charge in [0.2, 0.25) is 0 Å². The number of carboxylic acid groups (broad SMARTS) is 1. The largest absolute Gasteiger partial charge is 0.507 e. The van der Waals surface area contributed by atoms with Gasteiger partial charge in [-0.05, 0) is 12.1 Å². The molecule has 0 saturated carbocycles. The summed E-state index contributed by atoms with van der Waals surface area (Å²) >= 11 is 0. The van der Waals surface area contributed by atoms with E-state index in [4.69, 9.17) is 10.8 Å². The Hall–Kier alpha value is -1.59. The third-order valence-electron chi connectivity index (χ3n) is 1.98. The highest BCUT2D eigenvalue weighted by Gasteiger charge is 2.20. The summed E-state index contributed by atoms with van der Waals surface area (Å²) in [6.07, 6.45) is 1.21. The maximum Gasteiger partial charge on any atom is 0.339 e. The number of aromatic hydroxyl groups is 1. The Kier molecular flexibility index (Phi) is 4.94. The molecule has 4 N–H and O–H groups in total. The van der Waals surface area contributed by atoms with Crippen LogP contribution in [0.2, 0.25) is 0 Å². The van der Waals surface area contributed by atoms with Crippen molar-refractivity contribution in [2.24, 2.45) is 5.73 Å². The van der Waals surface area contributed by atoms with E-state index < -0.39 is 23.6 Å². The van der Waals surface area contributed by atoms with Gasteiger partial charge >= 0.3 is 5.97 Å². The average Bonchev–Trinajstić information content (AvgIpc) is 2.16. The number of rotatable bonds is 3. The number of benzene rings is 1. The molecule has 6 heteroatoms. The van der Waals surface area contributed by atoms with Crippen molar-refractivity contribution in [1.29, 1.82) is 0 Å². The first-order chi connectivity index (χ1) is 6.99. The first-order valence-corrected chi connectivity index (χ1v) is 4.11. The predicted octanol–water partition coefficient (Wildman–Crippen LogP) is 1.84. The van der Waals surface area contributed by atoms with Crippen molar-refractivity contribution in [1.82, 2.24) is 0 Å². The molecule has 0 saturated heterocycles. The van der Waals surface area contributed by atoms with Crippen LogP contribution in [0.25, 0.3) is 0 Å². The van der Waals surface area contributed by atoms with Gasteiger partial charge in [0.1, 0.15) is 17.1 Å². The van der Waals surface area contributed by atoms with E-state index in [1.165, 1.54) is 6.08 Å². The minimum atomic E-state index is -1.34. The second kappa shape index (κ2) is 5.48. The van der Waals surface area contributed by atoms with Crippen molar-refractivity contribution in [3.63, 3.8) is 0 Å². The monoisotopic (exact) mass is 247 g/mol. The minimum Gasteiger partial charge on any atom is -0.507 e. The standard InChI is InChI=1S/C10H10FNO3.ClH/c1-2-7(12)8-6(11)4-3-5(9(8)13)10(14)15;/h2-4,7,13H,1,12H2,(H,14,15);1H/t7-;/m0./s1. The lowest BCUT2D eigenvalue weighted by molar-refractivity contribution is 0.0693. The molecule has 0 unspecified atom stereocenters. The molecule has 0 amide bonds. The van der Waals surface area contributed by atoms with Crippen LogP contribution >= 0.6 is 12.4 Å². The van der Waals surface area contributed by atoms with Crippen molar-refractivity contribution in [2.75, 3.05) is 0 Å². The molecule has 4 nitrogen and oxygen atoms in total. The molecular weight excluding hydrogens is 237 g/mol. The third-order valence-corrected chi connectivity index (χ3v) is 1.98. The first kappa shape index (κ1) is 14.4. The van der Waals surface area contributed by atoms with Crippen LogP contribution in [-0.4, -0.2) is 16.2 Å². The van der Waals surface area contributed by atoms with Gasteiger partial charge in [0.05, 0.1) is 11.6 Å². The maximum atomic E-state index is 13.3. The second-order valence-electron chi connectivity index (χ2n) is 2.92. The Balaban J connectivity index is 0.00000225. The van der Waals surface area contributed by atoms with Gasteiger partial charge in [0.15, 0.2) is 0 Å². The van der Waals surface area contributed by atoms with Gasteiger partial charge < -0.3 is 15.9 Å². The SMILES string of the molecule is C=C[C@H](N)c1c(F)ccc(C(=O)O)c1O.Cl. The van der Waals surface area contributed by atoms with Crippen LogP contribution in [0.4, 0.5) is 4.39 Å². The molecule has 0 spiro atoms. The lowest BCUT2D eigenvalue weighted by Gasteiger charge is -2.11. The topological polar surface area (TPSA) is 83.6 Å². The summed E-state index contributed by atoms with van der Waals surface area (Å²) < 4.78 is 13.3. The second-order valence-corrected chi connectivity index (χ2v) is 2.92. The van der Waals surface area contributed by atoms with E-state index in [9.17, 15) is 14.3 Å². The van der Waals surface area contributed by atoms with E-state index in [-0.39, 0.29) is 23.5 Å². The summed E-state index contributed by atoms with van der Waals surface area (Å²) in [5.41, 5.74) is 4.81. The average molecular weight is 248 g/mol. The van der Waals surface area contributed by atoms with Crippen molar-refractivity contribution < 1.29 is 19.4 Å². The number of hydrogen-bond acceptors (Lipinski definition) is 3. The highest BCUT2D eigenvalue weighted by molar-refractivity contribution is 5.91. The molecule has 0 radical (unpaired) electrons. The Morgan fingerprint density at radius 2 is 2.12 bits per heavy atom. The van der Waals surface area contributed by atoms with Crippen LogP contribution < -0.4 is 5.73 Å². The summed E-state index contributed by atoms with van der Waals surface area (Å²) in [5.74, 6) is -2.76. The van der Waals surface area contributed by atoms with E-state index in [1.54, 1.807) is 0 Å². The number of halogens is 2. The fourth-order valence-electron chi connectivity index (χ4n) is 1.19. The van der Waals surface area contributed by atoms with E-state index in [1.807, 2.05) is 0 Å². The van der Waals surface area contributed by atoms with Crippen molar-refractivity contribution in [2.45, 2.75) is 6.04 Å². The van der Waals surface area contributed by atoms with Gasteiger partial charge in [-0.2, -0.15) is 0 Å². The van der Waals surface area contributed by atoms with Crippen LogP contribution in [0.3, 0.4) is 0 Å². The summed E-state index contributed by atoms with van der Waals surface area (Å²) in [7, 11) is 0. The lowest BCUT2D eigenvalue weighted by atomic mass is 10.0. The molecule has 0 aliphatic rings. The van der Waals surface area contributed by atoms with E-state index in [2.05, 4.69) is 6.58 Å². The van der Waals surface area contributed by atoms with E-state index >= 15 is 0 Å². The highest BCUT2D eigenvalue weighted by atomic mass is 35.5. The molecule has 88 valence electrons. The summed E-state index contributed by atoms with van der Waals surface area (Å²) in [4.78, 5) is 10.6. The molecule has 0 heterocycles. The Labute approximate surface area is 97.6 Å². The molecule has 1 aromatic carbocycles. The molecule has 0 aliphatic carbocycles. The predicted molar refractivity (Wildman–Crippen MR) is 59.4 cm³/mol. The van der Waals surface area contributed by atoms with Crippen LogP contribution in [0.5, 0.6) is 5.75 Å². The summed E-state index contributed by atoms with van der Waals surface area (Å²) in [5, 5.41) is 18.2. The molecule has 1 rings (SSSR count). The maximum absolute atomic E-state index is 13.3. The quantitative estimate of drug-likeness (QED) is 0.712. The normalized spacial score (nSPS) is 11.4. The van der Waals surface area contributed by atoms with E-state index in [0.717, 1.165) is 12.1 Å². The number of carbonyl (C=O) groups is 1. The Bertz CT molecular complexity index is 423. The number of aromatic carboxylic acids is 1. The number of carboxylic acids is 1. The molecule has 0 aromatic heterocycles. The molecule has 16 heavy (non-hydrogen) atoms. The van der Waals surface area contributed by atoms with Crippen molar-refractivity contribution in [3.8, 4) is 5.75 Å². The van der Waals surface area contributed by atoms with Crippen molar-refractivity contribution >= 4 is 18.4 Å². The van der Waals surface area contributed by atoms with Gasteiger partial charge in [-0.15, -0.1) is 19.0 Å². The van der Waals surface area contributed by atoms with Crippen LogP contribution in [-0.2, 0) is 0 Å². The van der Waals surface area contributed by atoms with Crippen molar-refractivity contribution in [3.05, 3.63) is 41.7 Å². The summed E-state index contributed by atoms with van der Waals surface area (Å²) in [6, 6.07) is 0.984. The molecule has 1 atom stereocenters.